The highest BCUT2D eigenvalue weighted by molar-refractivity contribution is 6.30. The Bertz CT molecular complexity index is 678. The second-order valence-corrected chi connectivity index (χ2v) is 4.76. The van der Waals surface area contributed by atoms with E-state index in [1.807, 2.05) is 30.5 Å². The van der Waals surface area contributed by atoms with Gasteiger partial charge in [-0.3, -0.25) is 4.40 Å². The Kier molecular flexibility index (Phi) is 2.65. The SMILES string of the molecule is Nc1ccc(Cl)n2cc(-c3ccc(Cl)cc3)nc12. The van der Waals surface area contributed by atoms with Crippen LogP contribution in [0.15, 0.2) is 42.6 Å². The summed E-state index contributed by atoms with van der Waals surface area (Å²) in [6, 6.07) is 11.0. The van der Waals surface area contributed by atoms with Gasteiger partial charge in [0.2, 0.25) is 0 Å². The molecular weight excluding hydrogens is 269 g/mol. The molecule has 2 N–H and O–H groups in total. The monoisotopic (exact) mass is 277 g/mol. The van der Waals surface area contributed by atoms with Crippen molar-refractivity contribution in [2.75, 3.05) is 5.73 Å². The van der Waals surface area contributed by atoms with Gasteiger partial charge in [-0.25, -0.2) is 4.98 Å². The number of hydrogen-bond acceptors (Lipinski definition) is 2. The fourth-order valence-electron chi connectivity index (χ4n) is 1.82. The average molecular weight is 278 g/mol. The molecule has 0 aliphatic rings. The van der Waals surface area contributed by atoms with Crippen molar-refractivity contribution in [1.82, 2.24) is 9.38 Å². The van der Waals surface area contributed by atoms with Crippen LogP contribution in [-0.2, 0) is 0 Å². The molecule has 18 heavy (non-hydrogen) atoms. The van der Waals surface area contributed by atoms with E-state index in [0.717, 1.165) is 11.3 Å². The number of nitrogens with zero attached hydrogens (tertiary/aromatic N) is 2. The Labute approximate surface area is 114 Å². The van der Waals surface area contributed by atoms with Crippen LogP contribution in [0.5, 0.6) is 0 Å². The van der Waals surface area contributed by atoms with Gasteiger partial charge < -0.3 is 5.73 Å². The summed E-state index contributed by atoms with van der Waals surface area (Å²) >= 11 is 12.0. The summed E-state index contributed by atoms with van der Waals surface area (Å²) in [4.78, 5) is 4.48. The van der Waals surface area contributed by atoms with Gasteiger partial charge in [0, 0.05) is 16.8 Å². The molecule has 3 rings (SSSR count). The van der Waals surface area contributed by atoms with Crippen molar-refractivity contribution in [3.63, 3.8) is 0 Å². The number of hydrogen-bond donors (Lipinski definition) is 1. The van der Waals surface area contributed by atoms with Gasteiger partial charge in [0.15, 0.2) is 5.65 Å². The number of rotatable bonds is 1. The van der Waals surface area contributed by atoms with E-state index in [4.69, 9.17) is 28.9 Å². The van der Waals surface area contributed by atoms with Crippen molar-refractivity contribution in [1.29, 1.82) is 0 Å². The van der Waals surface area contributed by atoms with Crippen molar-refractivity contribution in [2.24, 2.45) is 0 Å². The first-order valence-corrected chi connectivity index (χ1v) is 6.10. The van der Waals surface area contributed by atoms with E-state index in [0.29, 0.717) is 21.5 Å². The summed E-state index contributed by atoms with van der Waals surface area (Å²) in [6.45, 7) is 0. The van der Waals surface area contributed by atoms with Gasteiger partial charge in [-0.2, -0.15) is 0 Å². The van der Waals surface area contributed by atoms with Gasteiger partial charge >= 0.3 is 0 Å². The standard InChI is InChI=1S/C13H9Cl2N3/c14-9-3-1-8(2-4-9)11-7-18-12(15)6-5-10(16)13(18)17-11/h1-7H,16H2. The topological polar surface area (TPSA) is 43.3 Å². The zero-order chi connectivity index (χ0) is 12.7. The van der Waals surface area contributed by atoms with Gasteiger partial charge in [-0.15, -0.1) is 0 Å². The molecule has 0 aliphatic carbocycles. The Morgan fingerprint density at radius 3 is 2.39 bits per heavy atom. The molecule has 1 aromatic carbocycles. The Balaban J connectivity index is 2.22. The summed E-state index contributed by atoms with van der Waals surface area (Å²) in [7, 11) is 0. The summed E-state index contributed by atoms with van der Waals surface area (Å²) < 4.78 is 1.76. The van der Waals surface area contributed by atoms with Crippen LogP contribution < -0.4 is 5.73 Å². The van der Waals surface area contributed by atoms with Crippen LogP contribution in [-0.4, -0.2) is 9.38 Å². The lowest BCUT2D eigenvalue weighted by molar-refractivity contribution is 1.19. The van der Waals surface area contributed by atoms with E-state index in [1.165, 1.54) is 0 Å². The average Bonchev–Trinajstić information content (AvgIpc) is 2.81. The number of fused-ring (bicyclic) bond motifs is 1. The molecule has 3 aromatic rings. The van der Waals surface area contributed by atoms with E-state index in [1.54, 1.807) is 16.5 Å². The molecule has 0 amide bonds. The molecule has 5 heteroatoms. The minimum Gasteiger partial charge on any atom is -0.396 e. The number of aromatic nitrogens is 2. The number of nitrogen functional groups attached to an aromatic ring is 1. The first-order chi connectivity index (χ1) is 8.65. The number of benzene rings is 1. The van der Waals surface area contributed by atoms with Crippen LogP contribution in [0.3, 0.4) is 0 Å². The number of anilines is 1. The van der Waals surface area contributed by atoms with Crippen LogP contribution in [0.1, 0.15) is 0 Å². The number of pyridine rings is 1. The smallest absolute Gasteiger partial charge is 0.161 e. The van der Waals surface area contributed by atoms with E-state index in [9.17, 15) is 0 Å². The lowest BCUT2D eigenvalue weighted by Gasteiger charge is -1.98. The van der Waals surface area contributed by atoms with Gasteiger partial charge in [-0.05, 0) is 24.3 Å². The maximum Gasteiger partial charge on any atom is 0.161 e. The zero-order valence-corrected chi connectivity index (χ0v) is 10.8. The Morgan fingerprint density at radius 2 is 1.72 bits per heavy atom. The fourth-order valence-corrected chi connectivity index (χ4v) is 2.14. The highest BCUT2D eigenvalue weighted by atomic mass is 35.5. The predicted molar refractivity (Wildman–Crippen MR) is 75.1 cm³/mol. The van der Waals surface area contributed by atoms with Gasteiger partial charge in [0.05, 0.1) is 11.4 Å². The third kappa shape index (κ3) is 1.82. The van der Waals surface area contributed by atoms with Gasteiger partial charge in [-0.1, -0.05) is 35.3 Å². The normalized spacial score (nSPS) is 11.0. The molecule has 0 unspecified atom stereocenters. The zero-order valence-electron chi connectivity index (χ0n) is 9.27. The van der Waals surface area contributed by atoms with Crippen molar-refractivity contribution < 1.29 is 0 Å². The number of imidazole rings is 1. The molecule has 0 fully saturated rings. The summed E-state index contributed by atoms with van der Waals surface area (Å²) in [5.74, 6) is 0. The van der Waals surface area contributed by atoms with Gasteiger partial charge in [0.25, 0.3) is 0 Å². The van der Waals surface area contributed by atoms with Crippen LogP contribution in [0.25, 0.3) is 16.9 Å². The molecule has 90 valence electrons. The van der Waals surface area contributed by atoms with E-state index in [-0.39, 0.29) is 0 Å². The van der Waals surface area contributed by atoms with E-state index < -0.39 is 0 Å². The number of nitrogens with two attached hydrogens (primary N) is 1. The molecule has 0 saturated carbocycles. The third-order valence-corrected chi connectivity index (χ3v) is 3.29. The van der Waals surface area contributed by atoms with E-state index >= 15 is 0 Å². The molecule has 2 heterocycles. The third-order valence-electron chi connectivity index (χ3n) is 2.73. The maximum absolute atomic E-state index is 6.10. The minimum absolute atomic E-state index is 0.576. The Hall–Kier alpha value is -1.71. The highest BCUT2D eigenvalue weighted by Gasteiger charge is 2.08. The van der Waals surface area contributed by atoms with Crippen LogP contribution in [0.2, 0.25) is 10.2 Å². The molecular formula is C13H9Cl2N3. The molecule has 3 nitrogen and oxygen atoms in total. The molecule has 0 bridgehead atoms. The van der Waals surface area contributed by atoms with Crippen molar-refractivity contribution in [3.05, 3.63) is 52.8 Å². The number of halogens is 2. The predicted octanol–water partition coefficient (Wildman–Crippen LogP) is 3.89. The van der Waals surface area contributed by atoms with E-state index in [2.05, 4.69) is 4.98 Å². The minimum atomic E-state index is 0.576. The van der Waals surface area contributed by atoms with Crippen molar-refractivity contribution in [2.45, 2.75) is 0 Å². The highest BCUT2D eigenvalue weighted by Crippen LogP contribution is 2.25. The largest absolute Gasteiger partial charge is 0.396 e. The van der Waals surface area contributed by atoms with Crippen molar-refractivity contribution in [3.8, 4) is 11.3 Å². The second-order valence-electron chi connectivity index (χ2n) is 3.94. The maximum atomic E-state index is 6.10. The molecule has 0 spiro atoms. The summed E-state index contributed by atoms with van der Waals surface area (Å²) in [5, 5.41) is 1.27. The van der Waals surface area contributed by atoms with Crippen molar-refractivity contribution >= 4 is 34.5 Å². The first kappa shape index (κ1) is 11.4. The summed E-state index contributed by atoms with van der Waals surface area (Å²) in [5.41, 5.74) is 8.92. The van der Waals surface area contributed by atoms with Crippen LogP contribution >= 0.6 is 23.2 Å². The van der Waals surface area contributed by atoms with Gasteiger partial charge in [0.1, 0.15) is 5.15 Å². The lowest BCUT2D eigenvalue weighted by Crippen LogP contribution is -1.92. The first-order valence-electron chi connectivity index (χ1n) is 5.34. The van der Waals surface area contributed by atoms with Crippen LogP contribution in [0.4, 0.5) is 5.69 Å². The fraction of sp³-hybridized carbons (Fsp3) is 0. The molecule has 0 saturated heterocycles. The van der Waals surface area contributed by atoms with Crippen LogP contribution in [0, 0.1) is 0 Å². The lowest BCUT2D eigenvalue weighted by atomic mass is 10.2. The molecule has 2 aromatic heterocycles. The molecule has 0 atom stereocenters. The Morgan fingerprint density at radius 1 is 1.00 bits per heavy atom. The molecule has 0 radical (unpaired) electrons. The summed E-state index contributed by atoms with van der Waals surface area (Å²) in [6.07, 6.45) is 1.86. The quantitative estimate of drug-likeness (QED) is 0.686. The second kappa shape index (κ2) is 4.19. The molecule has 0 aliphatic heterocycles.